The molecule has 4 atom stereocenters. The molecule has 0 amide bonds. The van der Waals surface area contributed by atoms with E-state index in [1.165, 1.54) is 57.8 Å². The van der Waals surface area contributed by atoms with Crippen LogP contribution in [0.3, 0.4) is 0 Å². The van der Waals surface area contributed by atoms with Gasteiger partial charge in [0.2, 0.25) is 0 Å². The van der Waals surface area contributed by atoms with Crippen molar-refractivity contribution in [3.63, 3.8) is 0 Å². The van der Waals surface area contributed by atoms with E-state index in [2.05, 4.69) is 61.6 Å². The maximum atomic E-state index is 2.34. The highest BCUT2D eigenvalue weighted by Gasteiger charge is 2.42. The van der Waals surface area contributed by atoms with Crippen LogP contribution in [0.1, 0.15) is 71.6 Å². The molecular formula is C17H34S3. The van der Waals surface area contributed by atoms with Crippen molar-refractivity contribution in [3.05, 3.63) is 0 Å². The van der Waals surface area contributed by atoms with Crippen LogP contribution in [0.15, 0.2) is 0 Å². The Morgan fingerprint density at radius 1 is 0.700 bits per heavy atom. The van der Waals surface area contributed by atoms with Gasteiger partial charge in [-0.2, -0.15) is 35.3 Å². The molecule has 1 rings (SSSR count). The SMILES string of the molecule is CCCCCCCC1SC(CCCC)C(SC)C1SC. The molecular weight excluding hydrogens is 300 g/mol. The summed E-state index contributed by atoms with van der Waals surface area (Å²) in [5.41, 5.74) is 0. The summed E-state index contributed by atoms with van der Waals surface area (Å²) in [5, 5.41) is 3.62. The highest BCUT2D eigenvalue weighted by molar-refractivity contribution is 8.08. The van der Waals surface area contributed by atoms with Gasteiger partial charge in [-0.25, -0.2) is 0 Å². The van der Waals surface area contributed by atoms with Gasteiger partial charge in [0.1, 0.15) is 0 Å². The molecule has 0 aromatic heterocycles. The summed E-state index contributed by atoms with van der Waals surface area (Å²) in [6.07, 6.45) is 17.5. The molecule has 0 aromatic carbocycles. The van der Waals surface area contributed by atoms with Gasteiger partial charge in [0.25, 0.3) is 0 Å². The molecule has 1 aliphatic rings. The third-order valence-corrected chi connectivity index (χ3v) is 8.99. The van der Waals surface area contributed by atoms with Gasteiger partial charge in [-0.3, -0.25) is 0 Å². The molecule has 20 heavy (non-hydrogen) atoms. The fraction of sp³-hybridized carbons (Fsp3) is 1.00. The van der Waals surface area contributed by atoms with Gasteiger partial charge in [0.15, 0.2) is 0 Å². The molecule has 0 N–H and O–H groups in total. The zero-order valence-electron chi connectivity index (χ0n) is 13.9. The Bertz CT molecular complexity index is 232. The summed E-state index contributed by atoms with van der Waals surface area (Å²) in [4.78, 5) is 0. The predicted octanol–water partition coefficient (Wildman–Crippen LogP) is 6.48. The van der Waals surface area contributed by atoms with E-state index in [9.17, 15) is 0 Å². The molecule has 0 spiro atoms. The van der Waals surface area contributed by atoms with Crippen molar-refractivity contribution < 1.29 is 0 Å². The third-order valence-electron chi connectivity index (χ3n) is 4.38. The average Bonchev–Trinajstić information content (AvgIpc) is 2.81. The molecule has 0 aromatic rings. The first kappa shape index (κ1) is 19.1. The molecule has 0 radical (unpaired) electrons. The van der Waals surface area contributed by atoms with E-state index in [1.807, 2.05) is 0 Å². The van der Waals surface area contributed by atoms with E-state index >= 15 is 0 Å². The second-order valence-electron chi connectivity index (χ2n) is 5.96. The lowest BCUT2D eigenvalue weighted by Crippen LogP contribution is -2.27. The van der Waals surface area contributed by atoms with Crippen molar-refractivity contribution in [2.75, 3.05) is 12.5 Å². The Labute approximate surface area is 140 Å². The van der Waals surface area contributed by atoms with Crippen LogP contribution < -0.4 is 0 Å². The fourth-order valence-electron chi connectivity index (χ4n) is 3.19. The standard InChI is InChI=1S/C17H34S3/c1-5-7-9-10-11-13-15-17(19-4)16(18-3)14(20-15)12-8-6-2/h14-17H,5-13H2,1-4H3. The Kier molecular flexibility index (Phi) is 11.1. The van der Waals surface area contributed by atoms with Crippen LogP contribution in [0.25, 0.3) is 0 Å². The van der Waals surface area contributed by atoms with Crippen molar-refractivity contribution in [2.45, 2.75) is 92.6 Å². The lowest BCUT2D eigenvalue weighted by atomic mass is 10.0. The number of thioether (sulfide) groups is 3. The summed E-state index contributed by atoms with van der Waals surface area (Å²) in [5.74, 6) is 0. The first-order chi connectivity index (χ1) is 9.78. The molecule has 1 saturated heterocycles. The quantitative estimate of drug-likeness (QED) is 0.397. The molecule has 3 heteroatoms. The first-order valence-corrected chi connectivity index (χ1v) is 12.0. The van der Waals surface area contributed by atoms with Crippen molar-refractivity contribution >= 4 is 35.3 Å². The monoisotopic (exact) mass is 334 g/mol. The van der Waals surface area contributed by atoms with Gasteiger partial charge >= 0.3 is 0 Å². The van der Waals surface area contributed by atoms with Crippen molar-refractivity contribution in [1.82, 2.24) is 0 Å². The molecule has 0 bridgehead atoms. The second kappa shape index (κ2) is 11.6. The average molecular weight is 335 g/mol. The van der Waals surface area contributed by atoms with Crippen LogP contribution in [0, 0.1) is 0 Å². The summed E-state index contributed by atoms with van der Waals surface area (Å²) in [6.45, 7) is 4.63. The Hall–Kier alpha value is 1.05. The van der Waals surface area contributed by atoms with Crippen LogP contribution in [0.4, 0.5) is 0 Å². The Morgan fingerprint density at radius 3 is 1.70 bits per heavy atom. The molecule has 120 valence electrons. The molecule has 1 aliphatic heterocycles. The number of rotatable bonds is 11. The molecule has 1 fully saturated rings. The molecule has 0 nitrogen and oxygen atoms in total. The maximum absolute atomic E-state index is 2.34. The lowest BCUT2D eigenvalue weighted by molar-refractivity contribution is 0.589. The minimum absolute atomic E-state index is 0.891. The van der Waals surface area contributed by atoms with E-state index in [0.29, 0.717) is 0 Å². The third kappa shape index (κ3) is 6.04. The van der Waals surface area contributed by atoms with E-state index in [0.717, 1.165) is 21.0 Å². The Balaban J connectivity index is 2.40. The molecule has 4 unspecified atom stereocenters. The van der Waals surface area contributed by atoms with Gasteiger partial charge < -0.3 is 0 Å². The maximum Gasteiger partial charge on any atom is 0.0293 e. The number of unbranched alkanes of at least 4 members (excludes halogenated alkanes) is 5. The van der Waals surface area contributed by atoms with Gasteiger partial charge in [0.05, 0.1) is 0 Å². The van der Waals surface area contributed by atoms with Gasteiger partial charge in [-0.15, -0.1) is 0 Å². The second-order valence-corrected chi connectivity index (χ2v) is 9.47. The summed E-state index contributed by atoms with van der Waals surface area (Å²) in [7, 11) is 0. The zero-order valence-corrected chi connectivity index (χ0v) is 16.3. The molecule has 0 saturated carbocycles. The summed E-state index contributed by atoms with van der Waals surface area (Å²) >= 11 is 6.61. The van der Waals surface area contributed by atoms with Gasteiger partial charge in [-0.1, -0.05) is 58.8 Å². The minimum atomic E-state index is 0.891. The predicted molar refractivity (Wildman–Crippen MR) is 103 cm³/mol. The van der Waals surface area contributed by atoms with Crippen LogP contribution >= 0.6 is 35.3 Å². The first-order valence-electron chi connectivity index (χ1n) is 8.49. The topological polar surface area (TPSA) is 0 Å². The molecule has 1 heterocycles. The largest absolute Gasteiger partial charge is 0.160 e. The minimum Gasteiger partial charge on any atom is -0.160 e. The Morgan fingerprint density at radius 2 is 1.20 bits per heavy atom. The smallest absolute Gasteiger partial charge is 0.0293 e. The highest BCUT2D eigenvalue weighted by Crippen LogP contribution is 2.48. The van der Waals surface area contributed by atoms with E-state index in [-0.39, 0.29) is 0 Å². The van der Waals surface area contributed by atoms with E-state index < -0.39 is 0 Å². The summed E-state index contributed by atoms with van der Waals surface area (Å²) in [6, 6.07) is 0. The lowest BCUT2D eigenvalue weighted by Gasteiger charge is -2.22. The van der Waals surface area contributed by atoms with Crippen LogP contribution in [0.2, 0.25) is 0 Å². The number of hydrogen-bond donors (Lipinski definition) is 0. The van der Waals surface area contributed by atoms with E-state index in [1.54, 1.807) is 0 Å². The van der Waals surface area contributed by atoms with Crippen molar-refractivity contribution in [2.24, 2.45) is 0 Å². The van der Waals surface area contributed by atoms with Crippen molar-refractivity contribution in [3.8, 4) is 0 Å². The van der Waals surface area contributed by atoms with E-state index in [4.69, 9.17) is 0 Å². The number of hydrogen-bond acceptors (Lipinski definition) is 3. The van der Waals surface area contributed by atoms with Crippen LogP contribution in [-0.4, -0.2) is 33.5 Å². The van der Waals surface area contributed by atoms with Gasteiger partial charge in [-0.05, 0) is 25.4 Å². The molecule has 0 aliphatic carbocycles. The zero-order chi connectivity index (χ0) is 14.8. The normalized spacial score (nSPS) is 30.0. The summed E-state index contributed by atoms with van der Waals surface area (Å²) < 4.78 is 0. The van der Waals surface area contributed by atoms with Crippen molar-refractivity contribution in [1.29, 1.82) is 0 Å². The van der Waals surface area contributed by atoms with Crippen LogP contribution in [0.5, 0.6) is 0 Å². The highest BCUT2D eigenvalue weighted by atomic mass is 32.2. The van der Waals surface area contributed by atoms with Gasteiger partial charge in [0, 0.05) is 21.0 Å². The van der Waals surface area contributed by atoms with Crippen LogP contribution in [-0.2, 0) is 0 Å². The fourth-order valence-corrected chi connectivity index (χ4v) is 8.61.